The molecular formula is C23H26ClN3O4. The van der Waals surface area contributed by atoms with E-state index in [1.54, 1.807) is 24.3 Å². The first kappa shape index (κ1) is 22.6. The first-order valence-electron chi connectivity index (χ1n) is 10.4. The van der Waals surface area contributed by atoms with Crippen molar-refractivity contribution in [3.05, 3.63) is 59.1 Å². The molecule has 0 atom stereocenters. The average Bonchev–Trinajstić information content (AvgIpc) is 2.79. The zero-order valence-electron chi connectivity index (χ0n) is 17.2. The van der Waals surface area contributed by atoms with Gasteiger partial charge in [0, 0.05) is 41.6 Å². The minimum Gasteiger partial charge on any atom is -0.456 e. The molecule has 0 aliphatic carbocycles. The lowest BCUT2D eigenvalue weighted by molar-refractivity contribution is -0.147. The van der Waals surface area contributed by atoms with Gasteiger partial charge in [0.05, 0.1) is 6.42 Å². The van der Waals surface area contributed by atoms with E-state index in [9.17, 15) is 14.4 Å². The van der Waals surface area contributed by atoms with Gasteiger partial charge in [0.1, 0.15) is 0 Å². The number of carbonyl (C=O) groups is 3. The number of benzene rings is 2. The Bertz CT molecular complexity index is 894. The van der Waals surface area contributed by atoms with Crippen molar-refractivity contribution in [2.45, 2.75) is 25.7 Å². The van der Waals surface area contributed by atoms with E-state index in [4.69, 9.17) is 16.3 Å². The molecule has 0 radical (unpaired) electrons. The van der Waals surface area contributed by atoms with Gasteiger partial charge >= 0.3 is 5.97 Å². The number of ether oxygens (including phenoxy) is 1. The average molecular weight is 444 g/mol. The standard InChI is InChI=1S/C23H26ClN3O4/c24-18-6-4-17(5-7-18)23(30)25-13-12-22(29)31-16-21(28)26-19-8-10-20(11-9-19)27-14-2-1-3-15-27/h4-11H,1-3,12-16H2,(H,25,30)(H,26,28). The van der Waals surface area contributed by atoms with Crippen LogP contribution in [-0.4, -0.2) is 44.0 Å². The van der Waals surface area contributed by atoms with Crippen LogP contribution in [0.15, 0.2) is 48.5 Å². The second-order valence-electron chi connectivity index (χ2n) is 7.32. The fourth-order valence-electron chi connectivity index (χ4n) is 3.30. The number of nitrogens with zero attached hydrogens (tertiary/aromatic N) is 1. The summed E-state index contributed by atoms with van der Waals surface area (Å²) >= 11 is 5.79. The lowest BCUT2D eigenvalue weighted by Crippen LogP contribution is -2.29. The number of anilines is 2. The summed E-state index contributed by atoms with van der Waals surface area (Å²) in [6.07, 6.45) is 3.65. The second kappa shape index (κ2) is 11.4. The predicted octanol–water partition coefficient (Wildman–Crippen LogP) is 3.63. The van der Waals surface area contributed by atoms with Gasteiger partial charge in [-0.25, -0.2) is 0 Å². The summed E-state index contributed by atoms with van der Waals surface area (Å²) < 4.78 is 4.97. The third kappa shape index (κ3) is 7.29. The summed E-state index contributed by atoms with van der Waals surface area (Å²) in [5.74, 6) is -1.29. The summed E-state index contributed by atoms with van der Waals surface area (Å²) in [6, 6.07) is 14.1. The Morgan fingerprint density at radius 3 is 2.29 bits per heavy atom. The maximum Gasteiger partial charge on any atom is 0.308 e. The highest BCUT2D eigenvalue weighted by Gasteiger charge is 2.12. The number of halogens is 1. The quantitative estimate of drug-likeness (QED) is 0.608. The van der Waals surface area contributed by atoms with E-state index in [0.29, 0.717) is 16.3 Å². The molecule has 2 N–H and O–H groups in total. The maximum atomic E-state index is 12.0. The van der Waals surface area contributed by atoms with E-state index in [-0.39, 0.29) is 25.5 Å². The Morgan fingerprint density at radius 1 is 0.935 bits per heavy atom. The number of hydrogen-bond acceptors (Lipinski definition) is 5. The maximum absolute atomic E-state index is 12.0. The molecule has 1 aliphatic heterocycles. The molecule has 31 heavy (non-hydrogen) atoms. The van der Waals surface area contributed by atoms with E-state index in [2.05, 4.69) is 15.5 Å². The Balaban J connectivity index is 1.33. The van der Waals surface area contributed by atoms with Crippen LogP contribution in [0.4, 0.5) is 11.4 Å². The first-order chi connectivity index (χ1) is 15.0. The Morgan fingerprint density at radius 2 is 1.61 bits per heavy atom. The second-order valence-corrected chi connectivity index (χ2v) is 7.75. The van der Waals surface area contributed by atoms with Crippen LogP contribution in [-0.2, 0) is 14.3 Å². The van der Waals surface area contributed by atoms with Crippen LogP contribution < -0.4 is 15.5 Å². The molecule has 8 heteroatoms. The van der Waals surface area contributed by atoms with Crippen LogP contribution in [0.1, 0.15) is 36.0 Å². The van der Waals surface area contributed by atoms with Crippen molar-refractivity contribution in [1.29, 1.82) is 0 Å². The van der Waals surface area contributed by atoms with Crippen molar-refractivity contribution in [2.75, 3.05) is 36.5 Å². The molecular weight excluding hydrogens is 418 g/mol. The van der Waals surface area contributed by atoms with E-state index in [1.165, 1.54) is 19.3 Å². The molecule has 0 unspecified atom stereocenters. The molecule has 3 rings (SSSR count). The van der Waals surface area contributed by atoms with Gasteiger partial charge in [-0.1, -0.05) is 11.6 Å². The van der Waals surface area contributed by atoms with Gasteiger partial charge in [0.2, 0.25) is 0 Å². The Kier molecular flexibility index (Phi) is 8.29. The largest absolute Gasteiger partial charge is 0.456 e. The Hall–Kier alpha value is -3.06. The smallest absolute Gasteiger partial charge is 0.308 e. The van der Waals surface area contributed by atoms with Crippen LogP contribution in [0.25, 0.3) is 0 Å². The van der Waals surface area contributed by atoms with E-state index >= 15 is 0 Å². The molecule has 7 nitrogen and oxygen atoms in total. The van der Waals surface area contributed by atoms with Gasteiger partial charge in [0.15, 0.2) is 6.61 Å². The molecule has 2 aromatic rings. The van der Waals surface area contributed by atoms with Crippen molar-refractivity contribution in [3.8, 4) is 0 Å². The number of hydrogen-bond donors (Lipinski definition) is 2. The SMILES string of the molecule is O=C(COC(=O)CCNC(=O)c1ccc(Cl)cc1)Nc1ccc(N2CCCCC2)cc1. The molecule has 0 aromatic heterocycles. The minimum absolute atomic E-state index is 0.0306. The number of esters is 1. The fourth-order valence-corrected chi connectivity index (χ4v) is 3.43. The lowest BCUT2D eigenvalue weighted by atomic mass is 10.1. The number of piperidine rings is 1. The zero-order chi connectivity index (χ0) is 22.1. The highest BCUT2D eigenvalue weighted by Crippen LogP contribution is 2.21. The normalized spacial score (nSPS) is 13.4. The summed E-state index contributed by atoms with van der Waals surface area (Å²) in [7, 11) is 0. The first-order valence-corrected chi connectivity index (χ1v) is 10.7. The van der Waals surface area contributed by atoms with Gasteiger partial charge in [-0.2, -0.15) is 0 Å². The molecule has 2 aromatic carbocycles. The summed E-state index contributed by atoms with van der Waals surface area (Å²) in [6.45, 7) is 1.85. The molecule has 0 bridgehead atoms. The van der Waals surface area contributed by atoms with Gasteiger partial charge in [-0.15, -0.1) is 0 Å². The van der Waals surface area contributed by atoms with Crippen LogP contribution in [0, 0.1) is 0 Å². The monoisotopic (exact) mass is 443 g/mol. The Labute approximate surface area is 186 Å². The third-order valence-corrected chi connectivity index (χ3v) is 5.21. The van der Waals surface area contributed by atoms with Gasteiger partial charge in [0.25, 0.3) is 11.8 Å². The molecule has 1 saturated heterocycles. The van der Waals surface area contributed by atoms with Crippen LogP contribution >= 0.6 is 11.6 Å². The van der Waals surface area contributed by atoms with E-state index in [1.807, 2.05) is 24.3 Å². The van der Waals surface area contributed by atoms with Crippen molar-refractivity contribution >= 4 is 40.8 Å². The topological polar surface area (TPSA) is 87.7 Å². The third-order valence-electron chi connectivity index (χ3n) is 4.96. The van der Waals surface area contributed by atoms with Crippen LogP contribution in [0.5, 0.6) is 0 Å². The highest BCUT2D eigenvalue weighted by atomic mass is 35.5. The number of carbonyl (C=O) groups excluding carboxylic acids is 3. The van der Waals surface area contributed by atoms with Gasteiger partial charge < -0.3 is 20.3 Å². The summed E-state index contributed by atoms with van der Waals surface area (Å²) in [4.78, 5) is 38.1. The molecule has 1 fully saturated rings. The summed E-state index contributed by atoms with van der Waals surface area (Å²) in [5.41, 5.74) is 2.24. The summed E-state index contributed by atoms with van der Waals surface area (Å²) in [5, 5.41) is 5.87. The molecule has 0 spiro atoms. The minimum atomic E-state index is -0.563. The number of rotatable bonds is 8. The lowest BCUT2D eigenvalue weighted by Gasteiger charge is -2.28. The predicted molar refractivity (Wildman–Crippen MR) is 120 cm³/mol. The molecule has 0 saturated carbocycles. The molecule has 2 amide bonds. The van der Waals surface area contributed by atoms with Crippen molar-refractivity contribution in [1.82, 2.24) is 5.32 Å². The molecule has 164 valence electrons. The zero-order valence-corrected chi connectivity index (χ0v) is 18.0. The van der Waals surface area contributed by atoms with E-state index in [0.717, 1.165) is 18.8 Å². The molecule has 1 heterocycles. The van der Waals surface area contributed by atoms with Crippen LogP contribution in [0.3, 0.4) is 0 Å². The van der Waals surface area contributed by atoms with Gasteiger partial charge in [-0.3, -0.25) is 14.4 Å². The highest BCUT2D eigenvalue weighted by molar-refractivity contribution is 6.30. The van der Waals surface area contributed by atoms with E-state index < -0.39 is 11.9 Å². The van der Waals surface area contributed by atoms with Crippen molar-refractivity contribution < 1.29 is 19.1 Å². The molecule has 1 aliphatic rings. The van der Waals surface area contributed by atoms with Gasteiger partial charge in [-0.05, 0) is 67.8 Å². The number of amides is 2. The van der Waals surface area contributed by atoms with Crippen molar-refractivity contribution in [3.63, 3.8) is 0 Å². The number of nitrogens with one attached hydrogen (secondary N) is 2. The van der Waals surface area contributed by atoms with Crippen LogP contribution in [0.2, 0.25) is 5.02 Å². The fraction of sp³-hybridized carbons (Fsp3) is 0.348. The van der Waals surface area contributed by atoms with Crippen molar-refractivity contribution in [2.24, 2.45) is 0 Å².